The van der Waals surface area contributed by atoms with E-state index in [0.717, 1.165) is 24.8 Å². The summed E-state index contributed by atoms with van der Waals surface area (Å²) in [5.74, 6) is 0.0253. The molecule has 0 bridgehead atoms. The monoisotopic (exact) mass is 306 g/mol. The second-order valence-corrected chi connectivity index (χ2v) is 6.54. The maximum atomic E-state index is 12.6. The summed E-state index contributed by atoms with van der Waals surface area (Å²) < 4.78 is 0. The van der Waals surface area contributed by atoms with Crippen molar-refractivity contribution in [2.24, 2.45) is 17.8 Å². The summed E-state index contributed by atoms with van der Waals surface area (Å²) in [6.07, 6.45) is 2.67. The second kappa shape index (κ2) is 5.02. The van der Waals surface area contributed by atoms with Crippen molar-refractivity contribution in [1.82, 2.24) is 0 Å². The number of hydrogen-bond acceptors (Lipinski definition) is 3. The van der Waals surface area contributed by atoms with Crippen molar-refractivity contribution in [1.29, 1.82) is 0 Å². The van der Waals surface area contributed by atoms with Gasteiger partial charge in [-0.15, -0.1) is 0 Å². The molecule has 3 rings (SSSR count). The van der Waals surface area contributed by atoms with Gasteiger partial charge in [-0.3, -0.25) is 9.59 Å². The Morgan fingerprint density at radius 3 is 2.33 bits per heavy atom. The third kappa shape index (κ3) is 2.13. The molecule has 1 aromatic rings. The fourth-order valence-corrected chi connectivity index (χ4v) is 3.79. The molecular formula is C16H19ClN2O2. The predicted molar refractivity (Wildman–Crippen MR) is 83.1 cm³/mol. The highest BCUT2D eigenvalue weighted by Gasteiger charge is 2.52. The van der Waals surface area contributed by atoms with Crippen LogP contribution in [0.2, 0.25) is 5.02 Å². The number of imide groups is 1. The average molecular weight is 307 g/mol. The Morgan fingerprint density at radius 2 is 1.81 bits per heavy atom. The molecule has 112 valence electrons. The lowest BCUT2D eigenvalue weighted by molar-refractivity contribution is -0.123. The van der Waals surface area contributed by atoms with E-state index >= 15 is 0 Å². The highest BCUT2D eigenvalue weighted by Crippen LogP contribution is 2.46. The summed E-state index contributed by atoms with van der Waals surface area (Å²) >= 11 is 6.05. The van der Waals surface area contributed by atoms with Crippen LogP contribution in [0, 0.1) is 24.7 Å². The number of benzene rings is 1. The molecule has 21 heavy (non-hydrogen) atoms. The van der Waals surface area contributed by atoms with E-state index < -0.39 is 0 Å². The molecule has 2 N–H and O–H groups in total. The number of carbonyl (C=O) groups excluding carboxylic acids is 2. The van der Waals surface area contributed by atoms with Crippen molar-refractivity contribution in [2.45, 2.75) is 33.1 Å². The van der Waals surface area contributed by atoms with E-state index in [1.54, 1.807) is 12.1 Å². The van der Waals surface area contributed by atoms with Crippen LogP contribution in [0.1, 0.15) is 31.7 Å². The number of nitrogens with zero attached hydrogens (tertiary/aromatic N) is 1. The smallest absolute Gasteiger partial charge is 0.237 e. The Kier molecular flexibility index (Phi) is 3.44. The average Bonchev–Trinajstić information content (AvgIpc) is 2.96. The molecule has 1 aromatic carbocycles. The largest absolute Gasteiger partial charge is 0.398 e. The predicted octanol–water partition coefficient (Wildman–Crippen LogP) is 3.16. The zero-order valence-corrected chi connectivity index (χ0v) is 13.0. The Labute approximate surface area is 129 Å². The first kappa shape index (κ1) is 14.4. The molecule has 2 unspecified atom stereocenters. The van der Waals surface area contributed by atoms with Crippen LogP contribution in [-0.2, 0) is 9.59 Å². The zero-order valence-electron chi connectivity index (χ0n) is 12.2. The maximum Gasteiger partial charge on any atom is 0.237 e. The van der Waals surface area contributed by atoms with Gasteiger partial charge in [-0.25, -0.2) is 4.90 Å². The van der Waals surface area contributed by atoms with Crippen molar-refractivity contribution in [3.8, 4) is 0 Å². The van der Waals surface area contributed by atoms with Gasteiger partial charge >= 0.3 is 0 Å². The lowest BCUT2D eigenvalue weighted by Gasteiger charge is -2.20. The van der Waals surface area contributed by atoms with E-state index in [0.29, 0.717) is 22.3 Å². The topological polar surface area (TPSA) is 63.4 Å². The molecular weight excluding hydrogens is 288 g/mol. The van der Waals surface area contributed by atoms with E-state index in [2.05, 4.69) is 6.92 Å². The molecule has 1 saturated heterocycles. The number of aryl methyl sites for hydroxylation is 1. The quantitative estimate of drug-likeness (QED) is 0.674. The van der Waals surface area contributed by atoms with Gasteiger partial charge in [-0.2, -0.15) is 0 Å². The van der Waals surface area contributed by atoms with E-state index in [4.69, 9.17) is 17.3 Å². The molecule has 2 aliphatic rings. The number of anilines is 2. The number of nitrogens with two attached hydrogens (primary N) is 1. The fraction of sp³-hybridized carbons (Fsp3) is 0.500. The SMILES string of the molecule is CCC1CC2C(=O)N(c3cc(Cl)c(N)cc3C)C(=O)C2C1. The Balaban J connectivity index is 1.97. The van der Waals surface area contributed by atoms with E-state index in [1.807, 2.05) is 6.92 Å². The van der Waals surface area contributed by atoms with E-state index in [-0.39, 0.29) is 23.7 Å². The Hall–Kier alpha value is -1.55. The molecule has 0 aromatic heterocycles. The first-order valence-corrected chi connectivity index (χ1v) is 7.75. The Morgan fingerprint density at radius 1 is 1.24 bits per heavy atom. The van der Waals surface area contributed by atoms with Gasteiger partial charge in [0.05, 0.1) is 28.2 Å². The highest BCUT2D eigenvalue weighted by molar-refractivity contribution is 6.34. The van der Waals surface area contributed by atoms with Gasteiger partial charge in [0.25, 0.3) is 0 Å². The second-order valence-electron chi connectivity index (χ2n) is 6.13. The van der Waals surface area contributed by atoms with Crippen LogP contribution >= 0.6 is 11.6 Å². The minimum Gasteiger partial charge on any atom is -0.398 e. The summed E-state index contributed by atoms with van der Waals surface area (Å²) in [6, 6.07) is 3.33. The summed E-state index contributed by atoms with van der Waals surface area (Å²) in [6.45, 7) is 3.95. The Bertz CT molecular complexity index is 605. The fourth-order valence-electron chi connectivity index (χ4n) is 3.63. The van der Waals surface area contributed by atoms with Gasteiger partial charge in [0.2, 0.25) is 11.8 Å². The third-order valence-corrected chi connectivity index (χ3v) is 5.20. The highest BCUT2D eigenvalue weighted by atomic mass is 35.5. The molecule has 1 heterocycles. The standard InChI is InChI=1S/C16H19ClN2O2/c1-3-9-5-10-11(6-9)16(21)19(15(10)20)14-7-12(17)13(18)4-8(14)2/h4,7,9-11H,3,5-6,18H2,1-2H3. The van der Waals surface area contributed by atoms with Crippen LogP contribution in [0.3, 0.4) is 0 Å². The summed E-state index contributed by atoms with van der Waals surface area (Å²) in [5.41, 5.74) is 7.60. The minimum absolute atomic E-state index is 0.0788. The first-order valence-electron chi connectivity index (χ1n) is 7.37. The number of amides is 2. The van der Waals surface area contributed by atoms with Crippen molar-refractivity contribution in [3.63, 3.8) is 0 Å². The number of fused-ring (bicyclic) bond motifs is 1. The van der Waals surface area contributed by atoms with Crippen LogP contribution < -0.4 is 10.6 Å². The molecule has 2 amide bonds. The van der Waals surface area contributed by atoms with E-state index in [1.165, 1.54) is 4.90 Å². The summed E-state index contributed by atoms with van der Waals surface area (Å²) in [4.78, 5) is 26.6. The molecule has 2 fully saturated rings. The van der Waals surface area contributed by atoms with Gasteiger partial charge in [0.1, 0.15) is 0 Å². The maximum absolute atomic E-state index is 12.6. The van der Waals surface area contributed by atoms with E-state index in [9.17, 15) is 9.59 Å². The van der Waals surface area contributed by atoms with Crippen LogP contribution in [0.25, 0.3) is 0 Å². The molecule has 0 radical (unpaired) electrons. The van der Waals surface area contributed by atoms with Gasteiger partial charge in [0.15, 0.2) is 0 Å². The van der Waals surface area contributed by atoms with Gasteiger partial charge in [0, 0.05) is 0 Å². The van der Waals surface area contributed by atoms with Crippen LogP contribution in [-0.4, -0.2) is 11.8 Å². The van der Waals surface area contributed by atoms with Gasteiger partial charge in [-0.1, -0.05) is 24.9 Å². The van der Waals surface area contributed by atoms with Crippen LogP contribution in [0.5, 0.6) is 0 Å². The van der Waals surface area contributed by atoms with Crippen molar-refractivity contribution < 1.29 is 9.59 Å². The molecule has 1 aliphatic heterocycles. The molecule has 4 nitrogen and oxygen atoms in total. The lowest BCUT2D eigenvalue weighted by atomic mass is 10.00. The molecule has 5 heteroatoms. The van der Waals surface area contributed by atoms with Gasteiger partial charge in [-0.05, 0) is 43.4 Å². The zero-order chi connectivity index (χ0) is 15.3. The number of carbonyl (C=O) groups is 2. The van der Waals surface area contributed by atoms with Crippen molar-refractivity contribution >= 4 is 34.8 Å². The lowest BCUT2D eigenvalue weighted by Crippen LogP contribution is -2.32. The van der Waals surface area contributed by atoms with Crippen LogP contribution in [0.15, 0.2) is 12.1 Å². The summed E-state index contributed by atoms with van der Waals surface area (Å²) in [7, 11) is 0. The molecule has 1 aliphatic carbocycles. The normalized spacial score (nSPS) is 28.3. The minimum atomic E-state index is -0.154. The first-order chi connectivity index (χ1) is 9.93. The number of hydrogen-bond donors (Lipinski definition) is 1. The molecule has 2 atom stereocenters. The number of rotatable bonds is 2. The summed E-state index contributed by atoms with van der Waals surface area (Å²) in [5, 5.41) is 0.375. The molecule has 0 spiro atoms. The van der Waals surface area contributed by atoms with Crippen LogP contribution in [0.4, 0.5) is 11.4 Å². The number of nitrogen functional groups attached to an aromatic ring is 1. The van der Waals surface area contributed by atoms with Gasteiger partial charge < -0.3 is 5.73 Å². The van der Waals surface area contributed by atoms with Crippen molar-refractivity contribution in [2.75, 3.05) is 10.6 Å². The molecule has 1 saturated carbocycles. The third-order valence-electron chi connectivity index (χ3n) is 4.87. The van der Waals surface area contributed by atoms with Crippen molar-refractivity contribution in [3.05, 3.63) is 22.7 Å². The number of halogens is 1.